The van der Waals surface area contributed by atoms with Gasteiger partial charge >= 0.3 is 6.18 Å². The molecule has 0 bridgehead atoms. The second-order valence-electron chi connectivity index (χ2n) is 6.60. The number of amides is 2. The van der Waals surface area contributed by atoms with E-state index in [0.29, 0.717) is 25.9 Å². The molecule has 2 aromatic carbocycles. The summed E-state index contributed by atoms with van der Waals surface area (Å²) in [6.07, 6.45) is -3.78. The van der Waals surface area contributed by atoms with Gasteiger partial charge in [-0.15, -0.1) is 0 Å². The lowest BCUT2D eigenvalue weighted by Crippen LogP contribution is -2.46. The van der Waals surface area contributed by atoms with Crippen LogP contribution in [-0.4, -0.2) is 41.0 Å². The highest BCUT2D eigenvalue weighted by atomic mass is 19.4. The van der Waals surface area contributed by atoms with Crippen molar-refractivity contribution >= 4 is 11.8 Å². The maximum atomic E-state index is 13.1. The lowest BCUT2D eigenvalue weighted by molar-refractivity contribution is -0.137. The molecule has 28 heavy (non-hydrogen) atoms. The smallest absolute Gasteiger partial charge is 0.417 e. The number of aromatic hydroxyl groups is 1. The average molecular weight is 392 g/mol. The Morgan fingerprint density at radius 1 is 0.964 bits per heavy atom. The maximum absolute atomic E-state index is 13.1. The van der Waals surface area contributed by atoms with Gasteiger partial charge in [-0.3, -0.25) is 9.59 Å². The fraction of sp³-hybridized carbons (Fsp3) is 0.300. The fourth-order valence-corrected chi connectivity index (χ4v) is 3.24. The molecule has 0 aliphatic carbocycles. The minimum Gasteiger partial charge on any atom is -0.507 e. The molecule has 0 atom stereocenters. The summed E-state index contributed by atoms with van der Waals surface area (Å²) in [6, 6.07) is 10.5. The first-order valence-electron chi connectivity index (χ1n) is 8.81. The highest BCUT2D eigenvalue weighted by molar-refractivity contribution is 5.97. The van der Waals surface area contributed by atoms with E-state index in [9.17, 15) is 27.9 Å². The van der Waals surface area contributed by atoms with Crippen LogP contribution in [0.3, 0.4) is 0 Å². The van der Waals surface area contributed by atoms with E-state index < -0.39 is 23.2 Å². The first-order valence-corrected chi connectivity index (χ1v) is 8.81. The molecule has 0 spiro atoms. The Morgan fingerprint density at radius 3 is 2.14 bits per heavy atom. The van der Waals surface area contributed by atoms with Gasteiger partial charge < -0.3 is 15.3 Å². The third kappa shape index (κ3) is 4.27. The van der Waals surface area contributed by atoms with Gasteiger partial charge in [0, 0.05) is 19.1 Å². The zero-order valence-corrected chi connectivity index (χ0v) is 14.9. The van der Waals surface area contributed by atoms with Gasteiger partial charge in [0.15, 0.2) is 0 Å². The monoisotopic (exact) mass is 392 g/mol. The number of hydrogen-bond acceptors (Lipinski definition) is 3. The Bertz CT molecular complexity index is 875. The molecule has 1 heterocycles. The van der Waals surface area contributed by atoms with Crippen molar-refractivity contribution in [2.24, 2.45) is 0 Å². The van der Waals surface area contributed by atoms with E-state index in [1.807, 2.05) is 0 Å². The van der Waals surface area contributed by atoms with Crippen LogP contribution in [0.1, 0.15) is 39.1 Å². The number of piperidine rings is 1. The number of carbonyl (C=O) groups excluding carboxylic acids is 2. The van der Waals surface area contributed by atoms with Gasteiger partial charge in [-0.1, -0.05) is 24.3 Å². The Balaban J connectivity index is 1.62. The summed E-state index contributed by atoms with van der Waals surface area (Å²) < 4.78 is 39.2. The summed E-state index contributed by atoms with van der Waals surface area (Å²) in [7, 11) is 0. The zero-order valence-electron chi connectivity index (χ0n) is 14.9. The van der Waals surface area contributed by atoms with Crippen molar-refractivity contribution in [1.82, 2.24) is 10.2 Å². The van der Waals surface area contributed by atoms with E-state index in [1.165, 1.54) is 24.3 Å². The molecule has 0 unspecified atom stereocenters. The minimum absolute atomic E-state index is 0.105. The van der Waals surface area contributed by atoms with Crippen LogP contribution in [0.25, 0.3) is 0 Å². The molecule has 3 rings (SSSR count). The third-order valence-corrected chi connectivity index (χ3v) is 4.73. The van der Waals surface area contributed by atoms with Crippen LogP contribution >= 0.6 is 0 Å². The van der Waals surface area contributed by atoms with Gasteiger partial charge in [-0.2, -0.15) is 13.2 Å². The maximum Gasteiger partial charge on any atom is 0.417 e. The van der Waals surface area contributed by atoms with Crippen molar-refractivity contribution in [3.63, 3.8) is 0 Å². The topological polar surface area (TPSA) is 69.6 Å². The van der Waals surface area contributed by atoms with Crippen LogP contribution in [0.5, 0.6) is 5.75 Å². The number of rotatable bonds is 3. The lowest BCUT2D eigenvalue weighted by atomic mass is 10.0. The zero-order chi connectivity index (χ0) is 20.3. The van der Waals surface area contributed by atoms with Gasteiger partial charge in [-0.25, -0.2) is 0 Å². The second kappa shape index (κ2) is 7.92. The van der Waals surface area contributed by atoms with Crippen molar-refractivity contribution in [3.05, 3.63) is 65.2 Å². The van der Waals surface area contributed by atoms with Crippen molar-refractivity contribution in [3.8, 4) is 5.75 Å². The highest BCUT2D eigenvalue weighted by Gasteiger charge is 2.35. The fourth-order valence-electron chi connectivity index (χ4n) is 3.24. The molecule has 1 aliphatic heterocycles. The first kappa shape index (κ1) is 19.7. The molecule has 8 heteroatoms. The van der Waals surface area contributed by atoms with Crippen molar-refractivity contribution in [2.75, 3.05) is 13.1 Å². The van der Waals surface area contributed by atoms with Gasteiger partial charge in [0.25, 0.3) is 11.8 Å². The first-order chi connectivity index (χ1) is 13.3. The number of likely N-dealkylation sites (tertiary alicyclic amines) is 1. The summed E-state index contributed by atoms with van der Waals surface area (Å²) in [5, 5.41) is 12.4. The Labute approximate surface area is 159 Å². The molecule has 2 aromatic rings. The van der Waals surface area contributed by atoms with Crippen molar-refractivity contribution < 1.29 is 27.9 Å². The predicted molar refractivity (Wildman–Crippen MR) is 95.9 cm³/mol. The molecule has 5 nitrogen and oxygen atoms in total. The Hall–Kier alpha value is -3.03. The number of nitrogens with zero attached hydrogens (tertiary/aromatic N) is 1. The SMILES string of the molecule is O=C(NC1CCN(C(=O)c2ccccc2O)CC1)c1ccccc1C(F)(F)F. The molecule has 2 amide bonds. The molecular formula is C20H19F3N2O3. The molecule has 0 radical (unpaired) electrons. The number of benzene rings is 2. The van der Waals surface area contributed by atoms with E-state index in [-0.39, 0.29) is 23.3 Å². The van der Waals surface area contributed by atoms with Crippen LogP contribution in [0.15, 0.2) is 48.5 Å². The molecular weight excluding hydrogens is 373 g/mol. The molecule has 1 saturated heterocycles. The molecule has 1 aliphatic rings. The normalized spacial score (nSPS) is 15.3. The number of carbonyl (C=O) groups is 2. The molecule has 0 saturated carbocycles. The van der Waals surface area contributed by atoms with E-state index in [2.05, 4.69) is 5.32 Å². The number of halogens is 3. The van der Waals surface area contributed by atoms with Gasteiger partial charge in [-0.05, 0) is 37.1 Å². The van der Waals surface area contributed by atoms with Crippen LogP contribution in [0.4, 0.5) is 13.2 Å². The van der Waals surface area contributed by atoms with Crippen LogP contribution in [-0.2, 0) is 6.18 Å². The minimum atomic E-state index is -4.61. The number of alkyl halides is 3. The second-order valence-corrected chi connectivity index (χ2v) is 6.60. The van der Waals surface area contributed by atoms with E-state index in [0.717, 1.165) is 12.1 Å². The van der Waals surface area contributed by atoms with Gasteiger partial charge in [0.05, 0.1) is 16.7 Å². The van der Waals surface area contributed by atoms with E-state index >= 15 is 0 Å². The summed E-state index contributed by atoms with van der Waals surface area (Å²) in [5.74, 6) is -1.20. The quantitative estimate of drug-likeness (QED) is 0.841. The summed E-state index contributed by atoms with van der Waals surface area (Å²) >= 11 is 0. The van der Waals surface area contributed by atoms with Crippen LogP contribution in [0.2, 0.25) is 0 Å². The number of nitrogens with one attached hydrogen (secondary N) is 1. The van der Waals surface area contributed by atoms with Crippen molar-refractivity contribution in [2.45, 2.75) is 25.1 Å². The Kier molecular flexibility index (Phi) is 5.58. The summed E-state index contributed by atoms with van der Waals surface area (Å²) in [6.45, 7) is 0.665. The van der Waals surface area contributed by atoms with E-state index in [4.69, 9.17) is 0 Å². The summed E-state index contributed by atoms with van der Waals surface area (Å²) in [5.41, 5.74) is -1.19. The Morgan fingerprint density at radius 2 is 1.54 bits per heavy atom. The summed E-state index contributed by atoms with van der Waals surface area (Å²) in [4.78, 5) is 26.4. The van der Waals surface area contributed by atoms with Crippen molar-refractivity contribution in [1.29, 1.82) is 0 Å². The largest absolute Gasteiger partial charge is 0.507 e. The molecule has 2 N–H and O–H groups in total. The number of phenols is 1. The van der Waals surface area contributed by atoms with E-state index in [1.54, 1.807) is 17.0 Å². The van der Waals surface area contributed by atoms with Gasteiger partial charge in [0.1, 0.15) is 5.75 Å². The van der Waals surface area contributed by atoms with Crippen LogP contribution < -0.4 is 5.32 Å². The number of para-hydroxylation sites is 1. The average Bonchev–Trinajstić information content (AvgIpc) is 2.68. The highest BCUT2D eigenvalue weighted by Crippen LogP contribution is 2.32. The third-order valence-electron chi connectivity index (χ3n) is 4.73. The predicted octanol–water partition coefficient (Wildman–Crippen LogP) is 3.45. The molecule has 148 valence electrons. The molecule has 0 aromatic heterocycles. The number of phenolic OH excluding ortho intramolecular Hbond substituents is 1. The lowest BCUT2D eigenvalue weighted by Gasteiger charge is -2.32. The van der Waals surface area contributed by atoms with Crippen LogP contribution in [0, 0.1) is 0 Å². The standard InChI is InChI=1S/C20H19F3N2O3/c21-20(22,23)16-7-3-1-5-14(16)18(27)24-13-9-11-25(12-10-13)19(28)15-6-2-4-8-17(15)26/h1-8,13,26H,9-12H2,(H,24,27). The van der Waals surface area contributed by atoms with Gasteiger partial charge in [0.2, 0.25) is 0 Å². The number of hydrogen-bond donors (Lipinski definition) is 2. The molecule has 1 fully saturated rings.